The van der Waals surface area contributed by atoms with Crippen LogP contribution in [0.5, 0.6) is 0 Å². The van der Waals surface area contributed by atoms with Gasteiger partial charge in [0.2, 0.25) is 0 Å². The summed E-state index contributed by atoms with van der Waals surface area (Å²) in [6.45, 7) is 3.30. The van der Waals surface area contributed by atoms with Gasteiger partial charge >= 0.3 is 0 Å². The topological polar surface area (TPSA) is 23.5 Å². The Morgan fingerprint density at radius 2 is 2.33 bits per heavy atom. The Labute approximate surface area is 56.6 Å². The van der Waals surface area contributed by atoms with Gasteiger partial charge in [0.25, 0.3) is 0 Å². The lowest BCUT2D eigenvalue weighted by Gasteiger charge is -2.23. The number of hydrogen-bond donors (Lipinski definition) is 1. The van der Waals surface area contributed by atoms with E-state index in [2.05, 4.69) is 0 Å². The van der Waals surface area contributed by atoms with Crippen molar-refractivity contribution in [3.8, 4) is 0 Å². The van der Waals surface area contributed by atoms with Crippen LogP contribution in [0, 0.1) is 0 Å². The number of rotatable bonds is 0. The first-order valence-corrected chi connectivity index (χ1v) is 3.07. The van der Waals surface area contributed by atoms with Gasteiger partial charge in [0.05, 0.1) is 0 Å². The molecule has 0 aliphatic carbocycles. The molecule has 0 fully saturated rings. The zero-order valence-electron chi connectivity index (χ0n) is 5.59. The van der Waals surface area contributed by atoms with E-state index < -0.39 is 0 Å². The van der Waals surface area contributed by atoms with Gasteiger partial charge in [-0.1, -0.05) is 0 Å². The summed E-state index contributed by atoms with van der Waals surface area (Å²) in [6.07, 6.45) is 0.891. The van der Waals surface area contributed by atoms with Crippen molar-refractivity contribution in [2.24, 2.45) is 0 Å². The molecule has 2 nitrogen and oxygen atoms in total. The monoisotopic (exact) mass is 123 g/mol. The molecule has 0 saturated heterocycles. The molecular formula is C6H10BNO. The van der Waals surface area contributed by atoms with Gasteiger partial charge in [-0.05, 0) is 25.5 Å². The van der Waals surface area contributed by atoms with Crippen LogP contribution in [0.4, 0.5) is 0 Å². The van der Waals surface area contributed by atoms with Crippen LogP contribution in [0.2, 0.25) is 0 Å². The molecule has 0 bridgehead atoms. The molecule has 2 radical (unpaired) electrons. The first-order chi connectivity index (χ1) is 4.20. The van der Waals surface area contributed by atoms with Crippen molar-refractivity contribution >= 4 is 7.98 Å². The summed E-state index contributed by atoms with van der Waals surface area (Å²) in [6, 6.07) is 0. The lowest BCUT2D eigenvalue weighted by molar-refractivity contribution is 0.316. The van der Waals surface area contributed by atoms with Gasteiger partial charge in [0, 0.05) is 6.54 Å². The predicted octanol–water partition coefficient (Wildman–Crippen LogP) is 0.608. The van der Waals surface area contributed by atoms with E-state index in [0.717, 1.165) is 18.5 Å². The summed E-state index contributed by atoms with van der Waals surface area (Å²) in [7, 11) is 5.43. The molecule has 1 heterocycles. The summed E-state index contributed by atoms with van der Waals surface area (Å²) >= 11 is 0. The Balaban J connectivity index is 2.61. The van der Waals surface area contributed by atoms with Crippen LogP contribution in [0.15, 0.2) is 11.3 Å². The minimum Gasteiger partial charge on any atom is -0.511 e. The smallest absolute Gasteiger partial charge is 0.183 e. The molecule has 3 heteroatoms. The van der Waals surface area contributed by atoms with Gasteiger partial charge in [-0.2, -0.15) is 0 Å². The average Bonchev–Trinajstić information content (AvgIpc) is 1.80. The molecule has 1 aliphatic heterocycles. The quantitative estimate of drug-likeness (QED) is 0.477. The Bertz CT molecular complexity index is 144. The van der Waals surface area contributed by atoms with E-state index >= 15 is 0 Å². The third kappa shape index (κ3) is 1.48. The van der Waals surface area contributed by atoms with E-state index in [-0.39, 0.29) is 0 Å². The van der Waals surface area contributed by atoms with E-state index in [1.54, 1.807) is 4.81 Å². The molecule has 0 aromatic heterocycles. The summed E-state index contributed by atoms with van der Waals surface area (Å²) in [5, 5.41) is 9.11. The fourth-order valence-corrected chi connectivity index (χ4v) is 0.862. The number of aliphatic hydroxyl groups excluding tert-OH is 1. The maximum absolute atomic E-state index is 9.11. The number of aliphatic hydroxyl groups is 1. The van der Waals surface area contributed by atoms with Crippen molar-refractivity contribution in [1.82, 2.24) is 4.81 Å². The largest absolute Gasteiger partial charge is 0.511 e. The van der Waals surface area contributed by atoms with Crippen LogP contribution in [0.3, 0.4) is 0 Å². The zero-order chi connectivity index (χ0) is 6.85. The third-order valence-corrected chi connectivity index (χ3v) is 1.62. The van der Waals surface area contributed by atoms with E-state index in [1.165, 1.54) is 0 Å². The summed E-state index contributed by atoms with van der Waals surface area (Å²) in [4.78, 5) is 1.61. The average molecular weight is 123 g/mol. The van der Waals surface area contributed by atoms with E-state index in [0.29, 0.717) is 12.3 Å². The SMILES string of the molecule is [B]N1CCC(C)=C(O)C1. The second-order valence-corrected chi connectivity index (χ2v) is 2.45. The van der Waals surface area contributed by atoms with Crippen molar-refractivity contribution in [3.05, 3.63) is 11.3 Å². The predicted molar refractivity (Wildman–Crippen MR) is 37.3 cm³/mol. The molecule has 0 aromatic carbocycles. The highest BCUT2D eigenvalue weighted by atomic mass is 16.3. The molecule has 0 atom stereocenters. The maximum atomic E-state index is 9.11. The van der Waals surface area contributed by atoms with Crippen molar-refractivity contribution < 1.29 is 5.11 Å². The fraction of sp³-hybridized carbons (Fsp3) is 0.667. The van der Waals surface area contributed by atoms with Gasteiger partial charge in [-0.3, -0.25) is 0 Å². The van der Waals surface area contributed by atoms with Crippen molar-refractivity contribution in [2.75, 3.05) is 13.1 Å². The Morgan fingerprint density at radius 3 is 2.78 bits per heavy atom. The van der Waals surface area contributed by atoms with Crippen LogP contribution in [0.25, 0.3) is 0 Å². The number of nitrogens with zero attached hydrogens (tertiary/aromatic N) is 1. The summed E-state index contributed by atoms with van der Waals surface area (Å²) in [5.41, 5.74) is 1.07. The van der Waals surface area contributed by atoms with Crippen LogP contribution in [-0.4, -0.2) is 31.0 Å². The van der Waals surface area contributed by atoms with Crippen LogP contribution in [0.1, 0.15) is 13.3 Å². The summed E-state index contributed by atoms with van der Waals surface area (Å²) in [5.74, 6) is 0.434. The van der Waals surface area contributed by atoms with Gasteiger partial charge in [-0.15, -0.1) is 0 Å². The molecule has 0 saturated carbocycles. The first kappa shape index (κ1) is 6.68. The molecule has 0 spiro atoms. The highest BCUT2D eigenvalue weighted by molar-refractivity contribution is 6.04. The van der Waals surface area contributed by atoms with Gasteiger partial charge in [-0.25, -0.2) is 0 Å². The van der Waals surface area contributed by atoms with Crippen LogP contribution < -0.4 is 0 Å². The van der Waals surface area contributed by atoms with Crippen LogP contribution in [-0.2, 0) is 0 Å². The minimum absolute atomic E-state index is 0.434. The van der Waals surface area contributed by atoms with Crippen molar-refractivity contribution in [1.29, 1.82) is 0 Å². The molecule has 9 heavy (non-hydrogen) atoms. The Kier molecular flexibility index (Phi) is 1.81. The molecule has 0 aromatic rings. The lowest BCUT2D eigenvalue weighted by atomic mass is 10.1. The van der Waals surface area contributed by atoms with Crippen molar-refractivity contribution in [2.45, 2.75) is 13.3 Å². The van der Waals surface area contributed by atoms with E-state index in [4.69, 9.17) is 13.1 Å². The molecule has 1 aliphatic rings. The highest BCUT2D eigenvalue weighted by Gasteiger charge is 2.10. The molecule has 1 N–H and O–H groups in total. The number of hydrogen-bond acceptors (Lipinski definition) is 2. The van der Waals surface area contributed by atoms with Crippen LogP contribution >= 0.6 is 0 Å². The van der Waals surface area contributed by atoms with E-state index in [9.17, 15) is 0 Å². The second kappa shape index (κ2) is 2.44. The minimum atomic E-state index is 0.434. The van der Waals surface area contributed by atoms with E-state index in [1.807, 2.05) is 6.92 Å². The zero-order valence-corrected chi connectivity index (χ0v) is 5.59. The standard InChI is InChI=1S/C6H10BNO/c1-5-2-3-8(7)4-6(5)9/h9H,2-4H2,1H3. The lowest BCUT2D eigenvalue weighted by Crippen LogP contribution is -2.28. The maximum Gasteiger partial charge on any atom is 0.183 e. The molecular weight excluding hydrogens is 113 g/mol. The summed E-state index contributed by atoms with van der Waals surface area (Å²) < 4.78 is 0. The Hall–Kier alpha value is -0.435. The van der Waals surface area contributed by atoms with Gasteiger partial charge < -0.3 is 9.92 Å². The van der Waals surface area contributed by atoms with Crippen molar-refractivity contribution in [3.63, 3.8) is 0 Å². The molecule has 0 amide bonds. The van der Waals surface area contributed by atoms with Gasteiger partial charge in [0.15, 0.2) is 7.98 Å². The first-order valence-electron chi connectivity index (χ1n) is 3.07. The third-order valence-electron chi connectivity index (χ3n) is 1.62. The molecule has 48 valence electrons. The molecule has 1 rings (SSSR count). The second-order valence-electron chi connectivity index (χ2n) is 2.45. The Morgan fingerprint density at radius 1 is 1.67 bits per heavy atom. The van der Waals surface area contributed by atoms with Gasteiger partial charge in [0.1, 0.15) is 5.76 Å². The molecule has 0 unspecified atom stereocenters. The fourth-order valence-electron chi connectivity index (χ4n) is 0.862. The highest BCUT2D eigenvalue weighted by Crippen LogP contribution is 2.12. The normalized spacial score (nSPS) is 22.8.